The molecule has 3 N–H and O–H groups in total. The zero-order valence-electron chi connectivity index (χ0n) is 21.2. The van der Waals surface area contributed by atoms with Crippen LogP contribution in [-0.4, -0.2) is 17.6 Å². The first kappa shape index (κ1) is 26.8. The van der Waals surface area contributed by atoms with E-state index < -0.39 is 11.7 Å². The SMILES string of the molecule is CCc1cccc(C)c1NC(=O)C1=C(C)NC(SCC(=O)Nc2ccc(F)cc2)=C(C#N)[C@H]1c1ccco1. The van der Waals surface area contributed by atoms with Crippen LogP contribution in [0.5, 0.6) is 0 Å². The zero-order chi connectivity index (χ0) is 27.2. The maximum Gasteiger partial charge on any atom is 0.254 e. The Morgan fingerprint density at radius 2 is 1.87 bits per heavy atom. The van der Waals surface area contributed by atoms with Gasteiger partial charge in [0.05, 0.1) is 40.2 Å². The number of carbonyl (C=O) groups excluding carboxylic acids is 2. The first-order valence-corrected chi connectivity index (χ1v) is 13.0. The van der Waals surface area contributed by atoms with E-state index in [-0.39, 0.29) is 23.1 Å². The van der Waals surface area contributed by atoms with Crippen LogP contribution in [-0.2, 0) is 16.0 Å². The standard InChI is InChI=1S/C29H27FN4O3S/c1-4-19-8-5-7-17(2)27(19)34-28(36)25-18(3)32-29(22(15-31)26(25)23-9-6-14-37-23)38-16-24(35)33-21-12-10-20(30)11-13-21/h5-14,26,32H,4,16H2,1-3H3,(H,33,35)(H,34,36)/t26-/m0/s1. The molecule has 9 heteroatoms. The predicted molar refractivity (Wildman–Crippen MR) is 147 cm³/mol. The number of halogens is 1. The molecule has 1 atom stereocenters. The normalized spacial score (nSPS) is 15.1. The first-order chi connectivity index (χ1) is 18.3. The van der Waals surface area contributed by atoms with E-state index in [1.807, 2.05) is 32.0 Å². The number of aryl methyl sites for hydroxylation is 2. The molecule has 1 aliphatic heterocycles. The number of benzene rings is 2. The molecule has 2 amide bonds. The Hall–Kier alpha value is -4.29. The number of rotatable bonds is 8. The Balaban J connectivity index is 1.61. The molecule has 2 heterocycles. The number of nitrogens with zero attached hydrogens (tertiary/aromatic N) is 1. The quantitative estimate of drug-likeness (QED) is 0.330. The molecule has 0 saturated heterocycles. The number of hydrogen-bond acceptors (Lipinski definition) is 6. The number of allylic oxidation sites excluding steroid dienone is 2. The number of dihydropyridines is 1. The van der Waals surface area contributed by atoms with E-state index in [1.54, 1.807) is 19.1 Å². The molecule has 0 bridgehead atoms. The summed E-state index contributed by atoms with van der Waals surface area (Å²) in [5.74, 6) is -1.37. The second kappa shape index (κ2) is 11.8. The molecule has 3 aromatic rings. The number of nitriles is 1. The van der Waals surface area contributed by atoms with Gasteiger partial charge in [0.25, 0.3) is 5.91 Å². The second-order valence-electron chi connectivity index (χ2n) is 8.73. The van der Waals surface area contributed by atoms with Crippen molar-refractivity contribution < 1.29 is 18.4 Å². The van der Waals surface area contributed by atoms with E-state index >= 15 is 0 Å². The van der Waals surface area contributed by atoms with E-state index in [9.17, 15) is 19.2 Å². The molecule has 1 aromatic heterocycles. The smallest absolute Gasteiger partial charge is 0.254 e. The minimum atomic E-state index is -0.756. The van der Waals surface area contributed by atoms with Gasteiger partial charge in [0.15, 0.2) is 0 Å². The van der Waals surface area contributed by atoms with Crippen molar-refractivity contribution in [3.8, 4) is 6.07 Å². The number of hydrogen-bond donors (Lipinski definition) is 3. The summed E-state index contributed by atoms with van der Waals surface area (Å²) in [7, 11) is 0. The molecule has 0 spiro atoms. The molecule has 7 nitrogen and oxygen atoms in total. The van der Waals surface area contributed by atoms with Crippen molar-refractivity contribution in [1.29, 1.82) is 5.26 Å². The number of furan rings is 1. The Kier molecular flexibility index (Phi) is 8.34. The number of amides is 2. The molecule has 194 valence electrons. The van der Waals surface area contributed by atoms with Gasteiger partial charge in [0.2, 0.25) is 5.91 Å². The van der Waals surface area contributed by atoms with Gasteiger partial charge in [-0.05, 0) is 67.8 Å². The van der Waals surface area contributed by atoms with Gasteiger partial charge in [-0.3, -0.25) is 9.59 Å². The van der Waals surface area contributed by atoms with Gasteiger partial charge in [-0.1, -0.05) is 36.9 Å². The second-order valence-corrected chi connectivity index (χ2v) is 9.71. The van der Waals surface area contributed by atoms with E-state index in [4.69, 9.17) is 4.42 Å². The molecule has 38 heavy (non-hydrogen) atoms. The maximum absolute atomic E-state index is 13.7. The van der Waals surface area contributed by atoms with Crippen molar-refractivity contribution in [2.24, 2.45) is 0 Å². The van der Waals surface area contributed by atoms with Crippen molar-refractivity contribution >= 4 is 35.0 Å². The van der Waals surface area contributed by atoms with Gasteiger partial charge in [-0.15, -0.1) is 0 Å². The van der Waals surface area contributed by atoms with Gasteiger partial charge in [0, 0.05) is 17.1 Å². The van der Waals surface area contributed by atoms with Crippen LogP contribution in [0.4, 0.5) is 15.8 Å². The lowest BCUT2D eigenvalue weighted by atomic mass is 9.85. The Morgan fingerprint density at radius 3 is 2.53 bits per heavy atom. The fourth-order valence-electron chi connectivity index (χ4n) is 4.32. The lowest BCUT2D eigenvalue weighted by Gasteiger charge is -2.28. The van der Waals surface area contributed by atoms with Gasteiger partial charge >= 0.3 is 0 Å². The molecular weight excluding hydrogens is 503 g/mol. The largest absolute Gasteiger partial charge is 0.468 e. The molecule has 2 aromatic carbocycles. The minimum absolute atomic E-state index is 0.00631. The van der Waals surface area contributed by atoms with Gasteiger partial charge in [-0.25, -0.2) is 4.39 Å². The summed E-state index contributed by atoms with van der Waals surface area (Å²) in [6, 6.07) is 17.0. The molecule has 0 fully saturated rings. The average Bonchev–Trinajstić information content (AvgIpc) is 3.44. The van der Waals surface area contributed by atoms with Crippen molar-refractivity contribution in [1.82, 2.24) is 5.32 Å². The zero-order valence-corrected chi connectivity index (χ0v) is 22.0. The van der Waals surface area contributed by atoms with Crippen LogP contribution in [0.2, 0.25) is 0 Å². The van der Waals surface area contributed by atoms with Crippen molar-refractivity contribution in [2.75, 3.05) is 16.4 Å². The highest BCUT2D eigenvalue weighted by Gasteiger charge is 2.36. The fraction of sp³-hybridized carbons (Fsp3) is 0.207. The number of anilines is 2. The lowest BCUT2D eigenvalue weighted by Crippen LogP contribution is -2.31. The van der Waals surface area contributed by atoms with Crippen LogP contribution in [0.15, 0.2) is 87.1 Å². The molecule has 0 aliphatic carbocycles. The Bertz CT molecular complexity index is 1450. The summed E-state index contributed by atoms with van der Waals surface area (Å²) in [6.45, 7) is 5.72. The van der Waals surface area contributed by atoms with Crippen LogP contribution in [0.25, 0.3) is 0 Å². The molecule has 1 aliphatic rings. The summed E-state index contributed by atoms with van der Waals surface area (Å²) in [4.78, 5) is 26.2. The highest BCUT2D eigenvalue weighted by atomic mass is 32.2. The highest BCUT2D eigenvalue weighted by Crippen LogP contribution is 2.41. The first-order valence-electron chi connectivity index (χ1n) is 12.1. The van der Waals surface area contributed by atoms with Crippen LogP contribution >= 0.6 is 11.8 Å². The minimum Gasteiger partial charge on any atom is -0.468 e. The summed E-state index contributed by atoms with van der Waals surface area (Å²) in [5, 5.41) is 19.6. The van der Waals surface area contributed by atoms with E-state index in [0.717, 1.165) is 35.0 Å². The third-order valence-electron chi connectivity index (χ3n) is 6.17. The highest BCUT2D eigenvalue weighted by molar-refractivity contribution is 8.03. The fourth-order valence-corrected chi connectivity index (χ4v) is 5.21. The van der Waals surface area contributed by atoms with E-state index in [2.05, 4.69) is 22.0 Å². The Morgan fingerprint density at radius 1 is 1.11 bits per heavy atom. The van der Waals surface area contributed by atoms with Gasteiger partial charge in [0.1, 0.15) is 11.6 Å². The van der Waals surface area contributed by atoms with Crippen molar-refractivity contribution in [3.05, 3.63) is 105 Å². The number of para-hydroxylation sites is 1. The summed E-state index contributed by atoms with van der Waals surface area (Å²) < 4.78 is 18.8. The Labute approximate surface area is 224 Å². The summed E-state index contributed by atoms with van der Waals surface area (Å²) in [5.41, 5.74) is 4.35. The third-order valence-corrected chi connectivity index (χ3v) is 7.19. The van der Waals surface area contributed by atoms with Crippen LogP contribution in [0.1, 0.15) is 36.7 Å². The van der Waals surface area contributed by atoms with Crippen LogP contribution in [0, 0.1) is 24.1 Å². The lowest BCUT2D eigenvalue weighted by molar-refractivity contribution is -0.114. The predicted octanol–water partition coefficient (Wildman–Crippen LogP) is 6.00. The summed E-state index contributed by atoms with van der Waals surface area (Å²) in [6.07, 6.45) is 2.25. The monoisotopic (exact) mass is 530 g/mol. The third kappa shape index (κ3) is 5.82. The van der Waals surface area contributed by atoms with Crippen LogP contribution < -0.4 is 16.0 Å². The number of thioether (sulfide) groups is 1. The van der Waals surface area contributed by atoms with Gasteiger partial charge < -0.3 is 20.4 Å². The van der Waals surface area contributed by atoms with E-state index in [1.165, 1.54) is 30.5 Å². The number of carbonyl (C=O) groups is 2. The van der Waals surface area contributed by atoms with Crippen LogP contribution in [0.3, 0.4) is 0 Å². The average molecular weight is 531 g/mol. The molecule has 0 radical (unpaired) electrons. The summed E-state index contributed by atoms with van der Waals surface area (Å²) >= 11 is 1.14. The van der Waals surface area contributed by atoms with Crippen molar-refractivity contribution in [2.45, 2.75) is 33.1 Å². The molecular formula is C29H27FN4O3S. The van der Waals surface area contributed by atoms with Gasteiger partial charge in [-0.2, -0.15) is 5.26 Å². The van der Waals surface area contributed by atoms with E-state index in [0.29, 0.717) is 27.7 Å². The molecule has 0 saturated carbocycles. The topological polar surface area (TPSA) is 107 Å². The number of nitrogens with one attached hydrogen (secondary N) is 3. The molecule has 0 unspecified atom stereocenters. The molecule has 4 rings (SSSR count). The van der Waals surface area contributed by atoms with Crippen molar-refractivity contribution in [3.63, 3.8) is 0 Å². The maximum atomic E-state index is 13.7.